The Morgan fingerprint density at radius 3 is 2.61 bits per heavy atom. The zero-order valence-corrected chi connectivity index (χ0v) is 11.5. The molecule has 0 unspecified atom stereocenters. The highest BCUT2D eigenvalue weighted by Gasteiger charge is 2.33. The van der Waals surface area contributed by atoms with Gasteiger partial charge in [-0.25, -0.2) is 0 Å². The molecule has 0 fully saturated rings. The summed E-state index contributed by atoms with van der Waals surface area (Å²) < 4.78 is 5.98. The molecule has 1 aromatic carbocycles. The standard InChI is InChI=1S/C15H22O3/c1-9-5-6-14(17)15(3,4)18-13-7-10(2)12(16)8-11(9)13/h7-9,14,16-17H,5-6H2,1-4H3/t9-,14-/m0/s1. The molecule has 0 saturated carbocycles. The van der Waals surface area contributed by atoms with E-state index in [9.17, 15) is 10.2 Å². The minimum absolute atomic E-state index is 0.275. The molecule has 2 atom stereocenters. The Bertz CT molecular complexity index is 451. The van der Waals surface area contributed by atoms with Crippen LogP contribution in [0.25, 0.3) is 0 Å². The maximum absolute atomic E-state index is 10.1. The number of aromatic hydroxyl groups is 1. The first-order valence-electron chi connectivity index (χ1n) is 6.52. The van der Waals surface area contributed by atoms with Crippen LogP contribution >= 0.6 is 0 Å². The highest BCUT2D eigenvalue weighted by molar-refractivity contribution is 5.47. The van der Waals surface area contributed by atoms with Gasteiger partial charge in [0.1, 0.15) is 17.1 Å². The van der Waals surface area contributed by atoms with Crippen LogP contribution in [-0.2, 0) is 0 Å². The minimum Gasteiger partial charge on any atom is -0.508 e. The van der Waals surface area contributed by atoms with E-state index in [4.69, 9.17) is 4.74 Å². The van der Waals surface area contributed by atoms with Crippen molar-refractivity contribution in [2.24, 2.45) is 0 Å². The molecule has 1 aliphatic heterocycles. The van der Waals surface area contributed by atoms with E-state index in [2.05, 4.69) is 6.92 Å². The van der Waals surface area contributed by atoms with Gasteiger partial charge in [0.05, 0.1) is 6.10 Å². The molecule has 1 aliphatic rings. The van der Waals surface area contributed by atoms with Gasteiger partial charge in [0.15, 0.2) is 0 Å². The van der Waals surface area contributed by atoms with Crippen molar-refractivity contribution in [3.63, 3.8) is 0 Å². The number of aliphatic hydroxyl groups excluding tert-OH is 1. The lowest BCUT2D eigenvalue weighted by Crippen LogP contribution is -2.43. The van der Waals surface area contributed by atoms with E-state index in [0.29, 0.717) is 12.2 Å². The van der Waals surface area contributed by atoms with Crippen molar-refractivity contribution in [1.82, 2.24) is 0 Å². The van der Waals surface area contributed by atoms with Gasteiger partial charge in [0.2, 0.25) is 0 Å². The van der Waals surface area contributed by atoms with Crippen molar-refractivity contribution in [2.75, 3.05) is 0 Å². The molecule has 1 heterocycles. The predicted molar refractivity (Wildman–Crippen MR) is 71.2 cm³/mol. The predicted octanol–water partition coefficient (Wildman–Crippen LogP) is 3.12. The third-order valence-corrected chi connectivity index (χ3v) is 3.91. The molecule has 0 radical (unpaired) electrons. The van der Waals surface area contributed by atoms with E-state index in [1.165, 1.54) is 0 Å². The summed E-state index contributed by atoms with van der Waals surface area (Å²) in [7, 11) is 0. The molecular formula is C15H22O3. The van der Waals surface area contributed by atoms with Gasteiger partial charge in [-0.15, -0.1) is 0 Å². The molecule has 2 rings (SSSR count). The largest absolute Gasteiger partial charge is 0.508 e. The van der Waals surface area contributed by atoms with Crippen molar-refractivity contribution in [3.8, 4) is 11.5 Å². The highest BCUT2D eigenvalue weighted by atomic mass is 16.5. The van der Waals surface area contributed by atoms with Gasteiger partial charge >= 0.3 is 0 Å². The molecule has 0 aliphatic carbocycles. The van der Waals surface area contributed by atoms with Crippen molar-refractivity contribution in [2.45, 2.75) is 58.2 Å². The lowest BCUT2D eigenvalue weighted by Gasteiger charge is -2.36. The first kappa shape index (κ1) is 13.2. The summed E-state index contributed by atoms with van der Waals surface area (Å²) in [5, 5.41) is 20.0. The van der Waals surface area contributed by atoms with E-state index in [1.807, 2.05) is 26.8 Å². The summed E-state index contributed by atoms with van der Waals surface area (Å²) in [6, 6.07) is 3.66. The van der Waals surface area contributed by atoms with Crippen molar-refractivity contribution < 1.29 is 14.9 Å². The summed E-state index contributed by atoms with van der Waals surface area (Å²) in [5.41, 5.74) is 1.23. The number of hydrogen-bond acceptors (Lipinski definition) is 3. The molecule has 3 heteroatoms. The van der Waals surface area contributed by atoms with E-state index < -0.39 is 11.7 Å². The molecule has 18 heavy (non-hydrogen) atoms. The van der Waals surface area contributed by atoms with Gasteiger partial charge < -0.3 is 14.9 Å². The quantitative estimate of drug-likeness (QED) is 0.743. The van der Waals surface area contributed by atoms with Crippen LogP contribution < -0.4 is 4.74 Å². The number of phenolic OH excluding ortho intramolecular Hbond substituents is 1. The maximum Gasteiger partial charge on any atom is 0.129 e. The lowest BCUT2D eigenvalue weighted by atomic mass is 9.87. The van der Waals surface area contributed by atoms with Crippen LogP contribution in [0.15, 0.2) is 12.1 Å². The fraction of sp³-hybridized carbons (Fsp3) is 0.600. The van der Waals surface area contributed by atoms with Crippen LogP contribution in [0.4, 0.5) is 0 Å². The summed E-state index contributed by atoms with van der Waals surface area (Å²) in [6.45, 7) is 7.76. The number of benzene rings is 1. The van der Waals surface area contributed by atoms with Crippen LogP contribution in [0.5, 0.6) is 11.5 Å². The zero-order chi connectivity index (χ0) is 13.5. The molecular weight excluding hydrogens is 228 g/mol. The lowest BCUT2D eigenvalue weighted by molar-refractivity contribution is -0.0381. The third-order valence-electron chi connectivity index (χ3n) is 3.91. The first-order valence-corrected chi connectivity index (χ1v) is 6.52. The normalized spacial score (nSPS) is 26.7. The Morgan fingerprint density at radius 2 is 1.94 bits per heavy atom. The zero-order valence-electron chi connectivity index (χ0n) is 11.5. The van der Waals surface area contributed by atoms with Gasteiger partial charge in [-0.1, -0.05) is 6.92 Å². The Morgan fingerprint density at radius 1 is 1.28 bits per heavy atom. The first-order chi connectivity index (χ1) is 8.31. The molecule has 0 aromatic heterocycles. The topological polar surface area (TPSA) is 49.7 Å². The van der Waals surface area contributed by atoms with Gasteiger partial charge in [-0.05, 0) is 57.2 Å². The molecule has 0 bridgehead atoms. The molecule has 0 saturated heterocycles. The summed E-state index contributed by atoms with van der Waals surface area (Å²) in [4.78, 5) is 0. The summed E-state index contributed by atoms with van der Waals surface area (Å²) >= 11 is 0. The van der Waals surface area contributed by atoms with Crippen LogP contribution in [0.2, 0.25) is 0 Å². The van der Waals surface area contributed by atoms with Crippen LogP contribution in [0.1, 0.15) is 50.7 Å². The Balaban J connectivity index is 2.49. The fourth-order valence-corrected chi connectivity index (χ4v) is 2.42. The Kier molecular flexibility index (Phi) is 3.28. The molecule has 3 nitrogen and oxygen atoms in total. The van der Waals surface area contributed by atoms with Crippen LogP contribution in [0, 0.1) is 6.92 Å². The van der Waals surface area contributed by atoms with Gasteiger partial charge in [0.25, 0.3) is 0 Å². The fourth-order valence-electron chi connectivity index (χ4n) is 2.42. The Hall–Kier alpha value is -1.22. The van der Waals surface area contributed by atoms with Crippen molar-refractivity contribution in [1.29, 1.82) is 0 Å². The smallest absolute Gasteiger partial charge is 0.129 e. The van der Waals surface area contributed by atoms with Crippen LogP contribution in [0.3, 0.4) is 0 Å². The van der Waals surface area contributed by atoms with E-state index in [1.54, 1.807) is 6.07 Å². The molecule has 0 amide bonds. The maximum atomic E-state index is 10.1. The summed E-state index contributed by atoms with van der Waals surface area (Å²) in [6.07, 6.45) is 1.13. The van der Waals surface area contributed by atoms with E-state index in [0.717, 1.165) is 23.3 Å². The monoisotopic (exact) mass is 250 g/mol. The van der Waals surface area contributed by atoms with Crippen molar-refractivity contribution >= 4 is 0 Å². The van der Waals surface area contributed by atoms with E-state index in [-0.39, 0.29) is 5.92 Å². The van der Waals surface area contributed by atoms with Gasteiger partial charge in [0, 0.05) is 5.56 Å². The number of hydrogen-bond donors (Lipinski definition) is 2. The molecule has 0 spiro atoms. The second-order valence-electron chi connectivity index (χ2n) is 5.88. The SMILES string of the molecule is Cc1cc2c(cc1O)[C@@H](C)CC[C@H](O)C(C)(C)O2. The van der Waals surface area contributed by atoms with Gasteiger partial charge in [-0.3, -0.25) is 0 Å². The molecule has 2 N–H and O–H groups in total. The number of phenols is 1. The average molecular weight is 250 g/mol. The molecule has 1 aromatic rings. The third kappa shape index (κ3) is 2.32. The number of rotatable bonds is 0. The molecule has 100 valence electrons. The van der Waals surface area contributed by atoms with Crippen molar-refractivity contribution in [3.05, 3.63) is 23.3 Å². The Labute approximate surface area is 108 Å². The second-order valence-corrected chi connectivity index (χ2v) is 5.88. The number of aliphatic hydroxyl groups is 1. The number of aryl methyl sites for hydroxylation is 1. The summed E-state index contributed by atoms with van der Waals surface area (Å²) in [5.74, 6) is 1.36. The van der Waals surface area contributed by atoms with Gasteiger partial charge in [-0.2, -0.15) is 0 Å². The van der Waals surface area contributed by atoms with Crippen LogP contribution in [-0.4, -0.2) is 21.9 Å². The number of fused-ring (bicyclic) bond motifs is 1. The second kappa shape index (κ2) is 4.47. The van der Waals surface area contributed by atoms with E-state index >= 15 is 0 Å². The highest BCUT2D eigenvalue weighted by Crippen LogP contribution is 2.39. The number of ether oxygens (including phenoxy) is 1. The minimum atomic E-state index is -0.599. The average Bonchev–Trinajstić information content (AvgIpc) is 2.28.